The van der Waals surface area contributed by atoms with Gasteiger partial charge in [-0.15, -0.1) is 0 Å². The second-order valence-corrected chi connectivity index (χ2v) is 9.09. The second kappa shape index (κ2) is 5.51. The highest BCUT2D eigenvalue weighted by Crippen LogP contribution is 2.41. The largest absolute Gasteiger partial charge is 0.314 e. The molecule has 1 atom stereocenters. The molecule has 0 aromatic heterocycles. The van der Waals surface area contributed by atoms with E-state index in [0.717, 1.165) is 34.2 Å². The molecule has 1 aliphatic carbocycles. The second-order valence-electron chi connectivity index (χ2n) is 6.25. The van der Waals surface area contributed by atoms with Gasteiger partial charge in [0.1, 0.15) is 7.14 Å². The molecule has 3 aromatic carbocycles. The molecule has 2 heteroatoms. The molecule has 0 aliphatic heterocycles. The molecule has 0 unspecified atom stereocenters. The lowest BCUT2D eigenvalue weighted by Crippen LogP contribution is -2.17. The molecule has 3 aromatic rings. The Bertz CT molecular complexity index is 963. The van der Waals surface area contributed by atoms with Gasteiger partial charge in [0, 0.05) is 10.6 Å². The number of benzene rings is 3. The van der Waals surface area contributed by atoms with Crippen molar-refractivity contribution < 1.29 is 4.57 Å². The van der Waals surface area contributed by atoms with Crippen molar-refractivity contribution in [1.29, 1.82) is 0 Å². The van der Waals surface area contributed by atoms with Crippen LogP contribution in [0.1, 0.15) is 17.5 Å². The first-order chi connectivity index (χ1) is 11.2. The van der Waals surface area contributed by atoms with E-state index in [1.165, 1.54) is 11.1 Å². The minimum atomic E-state index is -2.62. The normalized spacial score (nSPS) is 16.0. The summed E-state index contributed by atoms with van der Waals surface area (Å²) in [5.41, 5.74) is 2.57. The van der Waals surface area contributed by atoms with E-state index in [0.29, 0.717) is 0 Å². The first-order valence-corrected chi connectivity index (χ1v) is 10.2. The Morgan fingerprint density at radius 2 is 1.78 bits per heavy atom. The molecule has 0 fully saturated rings. The molecule has 0 saturated carbocycles. The van der Waals surface area contributed by atoms with E-state index in [-0.39, 0.29) is 0 Å². The summed E-state index contributed by atoms with van der Waals surface area (Å²) in [6.07, 6.45) is 6.53. The van der Waals surface area contributed by atoms with Crippen LogP contribution in [0.4, 0.5) is 0 Å². The van der Waals surface area contributed by atoms with E-state index < -0.39 is 7.14 Å². The molecule has 114 valence electrons. The summed E-state index contributed by atoms with van der Waals surface area (Å²) < 4.78 is 13.7. The van der Waals surface area contributed by atoms with E-state index in [9.17, 15) is 4.57 Å². The summed E-state index contributed by atoms with van der Waals surface area (Å²) in [6.45, 7) is 1.89. The molecule has 4 rings (SSSR count). The van der Waals surface area contributed by atoms with Gasteiger partial charge in [-0.25, -0.2) is 0 Å². The van der Waals surface area contributed by atoms with Gasteiger partial charge < -0.3 is 4.57 Å². The highest BCUT2D eigenvalue weighted by atomic mass is 31.2. The summed E-state index contributed by atoms with van der Waals surface area (Å²) in [6, 6.07) is 20.6. The van der Waals surface area contributed by atoms with Gasteiger partial charge in [-0.2, -0.15) is 0 Å². The first kappa shape index (κ1) is 14.5. The Labute approximate surface area is 137 Å². The highest BCUT2D eigenvalue weighted by Gasteiger charge is 2.24. The Hall–Kier alpha value is -2.11. The summed E-state index contributed by atoms with van der Waals surface area (Å²) >= 11 is 0. The SMILES string of the molecule is C[P@](=O)(c1ccc2c(c1)C=CCC2)c1cccc2ccccc12. The van der Waals surface area contributed by atoms with Crippen LogP contribution >= 0.6 is 7.14 Å². The average molecular weight is 318 g/mol. The lowest BCUT2D eigenvalue weighted by Gasteiger charge is -2.19. The molecule has 0 radical (unpaired) electrons. The number of hydrogen-bond donors (Lipinski definition) is 0. The van der Waals surface area contributed by atoms with Gasteiger partial charge in [0.15, 0.2) is 0 Å². The zero-order valence-corrected chi connectivity index (χ0v) is 14.1. The molecule has 1 aliphatic rings. The Balaban J connectivity index is 1.90. The number of allylic oxidation sites excluding steroid dienone is 1. The van der Waals surface area contributed by atoms with E-state index in [4.69, 9.17) is 0 Å². The number of aryl methyl sites for hydroxylation is 1. The molecule has 1 nitrogen and oxygen atoms in total. The number of fused-ring (bicyclic) bond motifs is 2. The maximum Gasteiger partial charge on any atom is 0.140 e. The molecule has 0 saturated heterocycles. The van der Waals surface area contributed by atoms with E-state index in [1.54, 1.807) is 0 Å². The minimum Gasteiger partial charge on any atom is -0.314 e. The topological polar surface area (TPSA) is 17.1 Å². The quantitative estimate of drug-likeness (QED) is 0.624. The molecule has 0 spiro atoms. The molecule has 0 bridgehead atoms. The molecular weight excluding hydrogens is 299 g/mol. The third-order valence-corrected chi connectivity index (χ3v) is 7.30. The zero-order valence-electron chi connectivity index (χ0n) is 13.2. The van der Waals surface area contributed by atoms with Crippen molar-refractivity contribution in [3.8, 4) is 0 Å². The molecule has 0 amide bonds. The van der Waals surface area contributed by atoms with Crippen LogP contribution in [-0.4, -0.2) is 6.66 Å². The van der Waals surface area contributed by atoms with Crippen molar-refractivity contribution in [2.45, 2.75) is 12.8 Å². The number of hydrogen-bond acceptors (Lipinski definition) is 1. The van der Waals surface area contributed by atoms with Crippen LogP contribution in [0.2, 0.25) is 0 Å². The van der Waals surface area contributed by atoms with E-state index in [1.807, 2.05) is 30.9 Å². The van der Waals surface area contributed by atoms with Gasteiger partial charge in [0.2, 0.25) is 0 Å². The summed E-state index contributed by atoms with van der Waals surface area (Å²) in [4.78, 5) is 0. The predicted octanol–water partition coefficient (Wildman–Crippen LogP) is 4.74. The Morgan fingerprint density at radius 3 is 2.70 bits per heavy atom. The van der Waals surface area contributed by atoms with Crippen molar-refractivity contribution in [3.63, 3.8) is 0 Å². The lowest BCUT2D eigenvalue weighted by molar-refractivity contribution is 0.590. The lowest BCUT2D eigenvalue weighted by atomic mass is 9.98. The standard InChI is InChI=1S/C21H19OP/c1-23(22,19-14-13-16-7-2-3-9-18(16)15-19)21-12-6-10-17-8-4-5-11-20(17)21/h3-6,8-15H,2,7H2,1H3/t23-/m0/s1. The van der Waals surface area contributed by atoms with Crippen molar-refractivity contribution >= 4 is 34.6 Å². The average Bonchev–Trinajstić information content (AvgIpc) is 2.60. The molecule has 23 heavy (non-hydrogen) atoms. The van der Waals surface area contributed by atoms with Crippen LogP contribution in [0.5, 0.6) is 0 Å². The van der Waals surface area contributed by atoms with Crippen LogP contribution in [0, 0.1) is 0 Å². The highest BCUT2D eigenvalue weighted by molar-refractivity contribution is 7.78. The fourth-order valence-electron chi connectivity index (χ4n) is 3.40. The maximum atomic E-state index is 13.7. The van der Waals surface area contributed by atoms with Crippen molar-refractivity contribution in [2.24, 2.45) is 0 Å². The monoisotopic (exact) mass is 318 g/mol. The smallest absolute Gasteiger partial charge is 0.140 e. The van der Waals surface area contributed by atoms with Gasteiger partial charge >= 0.3 is 0 Å². The maximum absolute atomic E-state index is 13.7. The first-order valence-electron chi connectivity index (χ1n) is 8.02. The Morgan fingerprint density at radius 1 is 0.957 bits per heavy atom. The number of rotatable bonds is 2. The molecular formula is C21H19OP. The van der Waals surface area contributed by atoms with E-state index >= 15 is 0 Å². The van der Waals surface area contributed by atoms with Gasteiger partial charge in [0.05, 0.1) is 0 Å². The molecule has 0 heterocycles. The van der Waals surface area contributed by atoms with Crippen LogP contribution in [0.25, 0.3) is 16.8 Å². The fraction of sp³-hybridized carbons (Fsp3) is 0.143. The van der Waals surface area contributed by atoms with Crippen LogP contribution in [0.15, 0.2) is 66.7 Å². The summed E-state index contributed by atoms with van der Waals surface area (Å²) in [5.74, 6) is 0. The van der Waals surface area contributed by atoms with Crippen LogP contribution in [0.3, 0.4) is 0 Å². The Kier molecular flexibility index (Phi) is 3.47. The third kappa shape index (κ3) is 2.46. The summed E-state index contributed by atoms with van der Waals surface area (Å²) in [5, 5.41) is 4.13. The minimum absolute atomic E-state index is 0.944. The van der Waals surface area contributed by atoms with Gasteiger partial charge in [0.25, 0.3) is 0 Å². The van der Waals surface area contributed by atoms with Crippen LogP contribution < -0.4 is 10.6 Å². The van der Waals surface area contributed by atoms with Gasteiger partial charge in [-0.1, -0.05) is 66.7 Å². The third-order valence-electron chi connectivity index (χ3n) is 4.73. The molecule has 0 N–H and O–H groups in total. The zero-order chi connectivity index (χ0) is 15.9. The van der Waals surface area contributed by atoms with Gasteiger partial charge in [-0.05, 0) is 47.5 Å². The van der Waals surface area contributed by atoms with Gasteiger partial charge in [-0.3, -0.25) is 0 Å². The fourth-order valence-corrected chi connectivity index (χ4v) is 5.46. The van der Waals surface area contributed by atoms with E-state index in [2.05, 4.69) is 48.6 Å². The van der Waals surface area contributed by atoms with Crippen molar-refractivity contribution in [1.82, 2.24) is 0 Å². The summed E-state index contributed by atoms with van der Waals surface area (Å²) in [7, 11) is -2.62. The van der Waals surface area contributed by atoms with Crippen molar-refractivity contribution in [2.75, 3.05) is 6.66 Å². The predicted molar refractivity (Wildman–Crippen MR) is 101 cm³/mol. The van der Waals surface area contributed by atoms with Crippen LogP contribution in [-0.2, 0) is 11.0 Å². The van der Waals surface area contributed by atoms with Crippen molar-refractivity contribution in [3.05, 3.63) is 77.9 Å².